The Bertz CT molecular complexity index is 1210. The molecule has 0 unspecified atom stereocenters. The molecule has 4 rings (SSSR count). The van der Waals surface area contributed by atoms with Crippen LogP contribution in [0.4, 0.5) is 0 Å². The number of halogens is 1. The molecule has 0 bridgehead atoms. The first kappa shape index (κ1) is 20.0. The van der Waals surface area contributed by atoms with E-state index < -0.39 is 0 Å². The second kappa shape index (κ2) is 9.06. The molecule has 1 amide bonds. The molecule has 30 heavy (non-hydrogen) atoms. The highest BCUT2D eigenvalue weighted by Crippen LogP contribution is 2.27. The Labute approximate surface area is 184 Å². The van der Waals surface area contributed by atoms with Crippen molar-refractivity contribution in [2.24, 2.45) is 5.10 Å². The third-order valence-electron chi connectivity index (χ3n) is 5.07. The van der Waals surface area contributed by atoms with E-state index in [2.05, 4.69) is 50.7 Å². The lowest BCUT2D eigenvalue weighted by Crippen LogP contribution is -2.21. The van der Waals surface area contributed by atoms with Gasteiger partial charge in [-0.05, 0) is 46.0 Å². The van der Waals surface area contributed by atoms with Gasteiger partial charge in [0, 0.05) is 4.47 Å². The van der Waals surface area contributed by atoms with E-state index in [1.807, 2.05) is 73.7 Å². The van der Waals surface area contributed by atoms with E-state index in [1.165, 1.54) is 5.56 Å². The molecule has 1 N–H and O–H groups in total. The van der Waals surface area contributed by atoms with Crippen LogP contribution < -0.4 is 5.43 Å². The van der Waals surface area contributed by atoms with Crippen LogP contribution in [0.2, 0.25) is 0 Å². The van der Waals surface area contributed by atoms with Crippen LogP contribution in [0.15, 0.2) is 101 Å². The molecule has 0 spiro atoms. The molecule has 0 atom stereocenters. The summed E-state index contributed by atoms with van der Waals surface area (Å²) in [4.78, 5) is 12.5. The number of carbonyl (C=O) groups is 1. The van der Waals surface area contributed by atoms with Crippen LogP contribution in [0.25, 0.3) is 21.9 Å². The topological polar surface area (TPSA) is 41.5 Å². The normalized spacial score (nSPS) is 11.5. The summed E-state index contributed by atoms with van der Waals surface area (Å²) in [6.45, 7) is 1.90. The fourth-order valence-corrected chi connectivity index (χ4v) is 3.91. The van der Waals surface area contributed by atoms with Crippen molar-refractivity contribution in [2.45, 2.75) is 13.3 Å². The Morgan fingerprint density at radius 3 is 2.17 bits per heavy atom. The molecule has 0 fully saturated rings. The zero-order valence-electron chi connectivity index (χ0n) is 16.6. The highest BCUT2D eigenvalue weighted by Gasteiger charge is 2.09. The van der Waals surface area contributed by atoms with Crippen LogP contribution in [0.1, 0.15) is 18.1 Å². The molecule has 0 radical (unpaired) electrons. The van der Waals surface area contributed by atoms with E-state index in [9.17, 15) is 4.79 Å². The first-order valence-corrected chi connectivity index (χ1v) is 10.6. The minimum Gasteiger partial charge on any atom is -0.273 e. The minimum absolute atomic E-state index is 0.136. The maximum Gasteiger partial charge on any atom is 0.244 e. The standard InChI is InChI=1S/C26H21BrN2O/c1-18(19-11-13-21(14-12-19)20-7-3-2-4-8-20)28-29-26(30)17-22-15-16-25(27)24-10-6-5-9-23(22)24/h2-16H,17H2,1H3,(H,29,30)/b28-18-. The second-order valence-corrected chi connectivity index (χ2v) is 7.96. The second-order valence-electron chi connectivity index (χ2n) is 7.10. The van der Waals surface area contributed by atoms with Gasteiger partial charge in [-0.1, -0.05) is 101 Å². The number of nitrogens with zero attached hydrogens (tertiary/aromatic N) is 1. The van der Waals surface area contributed by atoms with Crippen LogP contribution in [-0.2, 0) is 11.2 Å². The summed E-state index contributed by atoms with van der Waals surface area (Å²) in [6, 6.07) is 30.4. The van der Waals surface area contributed by atoms with Crippen molar-refractivity contribution in [1.82, 2.24) is 5.43 Å². The lowest BCUT2D eigenvalue weighted by Gasteiger charge is -2.08. The lowest BCUT2D eigenvalue weighted by atomic mass is 10.0. The summed E-state index contributed by atoms with van der Waals surface area (Å²) in [7, 11) is 0. The maximum absolute atomic E-state index is 12.5. The quantitative estimate of drug-likeness (QED) is 0.275. The van der Waals surface area contributed by atoms with Gasteiger partial charge >= 0.3 is 0 Å². The lowest BCUT2D eigenvalue weighted by molar-refractivity contribution is -0.120. The molecule has 0 aliphatic heterocycles. The van der Waals surface area contributed by atoms with E-state index in [4.69, 9.17) is 0 Å². The molecule has 0 saturated carbocycles. The summed E-state index contributed by atoms with van der Waals surface area (Å²) < 4.78 is 1.02. The molecule has 3 nitrogen and oxygen atoms in total. The fourth-order valence-electron chi connectivity index (χ4n) is 3.44. The summed E-state index contributed by atoms with van der Waals surface area (Å²) in [6.07, 6.45) is 0.275. The highest BCUT2D eigenvalue weighted by atomic mass is 79.9. The average molecular weight is 457 g/mol. The predicted molar refractivity (Wildman–Crippen MR) is 128 cm³/mol. The highest BCUT2D eigenvalue weighted by molar-refractivity contribution is 9.10. The first-order valence-electron chi connectivity index (χ1n) is 9.77. The number of hydrogen-bond donors (Lipinski definition) is 1. The zero-order chi connectivity index (χ0) is 20.9. The summed E-state index contributed by atoms with van der Waals surface area (Å²) >= 11 is 3.57. The van der Waals surface area contributed by atoms with Gasteiger partial charge in [0.25, 0.3) is 0 Å². The number of hydrogen-bond acceptors (Lipinski definition) is 2. The number of rotatable bonds is 5. The van der Waals surface area contributed by atoms with Gasteiger partial charge in [-0.2, -0.15) is 5.10 Å². The van der Waals surface area contributed by atoms with Crippen molar-refractivity contribution in [3.8, 4) is 11.1 Å². The SMILES string of the molecule is C/C(=N/NC(=O)Cc1ccc(Br)c2ccccc12)c1ccc(-c2ccccc2)cc1. The van der Waals surface area contributed by atoms with E-state index in [0.29, 0.717) is 0 Å². The van der Waals surface area contributed by atoms with Crippen LogP contribution in [0.3, 0.4) is 0 Å². The van der Waals surface area contributed by atoms with Crippen LogP contribution in [0, 0.1) is 0 Å². The van der Waals surface area contributed by atoms with E-state index in [0.717, 1.165) is 37.6 Å². The number of hydrazone groups is 1. The monoisotopic (exact) mass is 456 g/mol. The minimum atomic E-state index is -0.136. The molecule has 0 saturated heterocycles. The summed E-state index contributed by atoms with van der Waals surface area (Å²) in [5, 5.41) is 6.47. The van der Waals surface area contributed by atoms with E-state index in [-0.39, 0.29) is 12.3 Å². The van der Waals surface area contributed by atoms with Crippen molar-refractivity contribution in [1.29, 1.82) is 0 Å². The Balaban J connectivity index is 1.45. The smallest absolute Gasteiger partial charge is 0.244 e. The fraction of sp³-hybridized carbons (Fsp3) is 0.0769. The third kappa shape index (κ3) is 4.50. The number of fused-ring (bicyclic) bond motifs is 1. The van der Waals surface area contributed by atoms with Gasteiger partial charge in [0.15, 0.2) is 0 Å². The molecule has 0 heterocycles. The Morgan fingerprint density at radius 1 is 0.800 bits per heavy atom. The average Bonchev–Trinajstić information content (AvgIpc) is 2.80. The molecule has 0 aromatic heterocycles. The van der Waals surface area contributed by atoms with Gasteiger partial charge < -0.3 is 0 Å². The van der Waals surface area contributed by atoms with Crippen LogP contribution >= 0.6 is 15.9 Å². The molecule has 0 aliphatic carbocycles. The molecule has 148 valence electrons. The number of amides is 1. The van der Waals surface area contributed by atoms with Gasteiger partial charge in [-0.3, -0.25) is 4.79 Å². The Morgan fingerprint density at radius 2 is 1.43 bits per heavy atom. The summed E-state index contributed by atoms with van der Waals surface area (Å²) in [5.41, 5.74) is 7.74. The number of benzene rings is 4. The van der Waals surface area contributed by atoms with Crippen LogP contribution in [0.5, 0.6) is 0 Å². The van der Waals surface area contributed by atoms with Crippen molar-refractivity contribution in [3.05, 3.63) is 107 Å². The van der Waals surface area contributed by atoms with Crippen molar-refractivity contribution >= 4 is 38.3 Å². The van der Waals surface area contributed by atoms with Gasteiger partial charge in [0.05, 0.1) is 12.1 Å². The van der Waals surface area contributed by atoms with Crippen molar-refractivity contribution in [3.63, 3.8) is 0 Å². The molecule has 4 heteroatoms. The number of carbonyl (C=O) groups excluding carboxylic acids is 1. The number of nitrogens with one attached hydrogen (secondary N) is 1. The van der Waals surface area contributed by atoms with Gasteiger partial charge in [0.1, 0.15) is 0 Å². The molecular weight excluding hydrogens is 436 g/mol. The van der Waals surface area contributed by atoms with Gasteiger partial charge in [-0.25, -0.2) is 5.43 Å². The van der Waals surface area contributed by atoms with E-state index >= 15 is 0 Å². The van der Waals surface area contributed by atoms with Gasteiger partial charge in [-0.15, -0.1) is 0 Å². The molecule has 4 aromatic rings. The zero-order valence-corrected chi connectivity index (χ0v) is 18.2. The molecular formula is C26H21BrN2O. The Kier molecular flexibility index (Phi) is 6.05. The summed E-state index contributed by atoms with van der Waals surface area (Å²) in [5.74, 6) is -0.136. The first-order chi connectivity index (χ1) is 14.6. The Hall–Kier alpha value is -3.24. The predicted octanol–water partition coefficient (Wildman–Crippen LogP) is 6.35. The molecule has 4 aromatic carbocycles. The van der Waals surface area contributed by atoms with Crippen LogP contribution in [-0.4, -0.2) is 11.6 Å². The van der Waals surface area contributed by atoms with Gasteiger partial charge in [0.2, 0.25) is 5.91 Å². The van der Waals surface area contributed by atoms with Crippen molar-refractivity contribution in [2.75, 3.05) is 0 Å². The van der Waals surface area contributed by atoms with Crippen molar-refractivity contribution < 1.29 is 4.79 Å². The largest absolute Gasteiger partial charge is 0.273 e. The molecule has 0 aliphatic rings. The maximum atomic E-state index is 12.5. The third-order valence-corrected chi connectivity index (χ3v) is 5.76. The van der Waals surface area contributed by atoms with E-state index in [1.54, 1.807) is 0 Å².